The van der Waals surface area contributed by atoms with Crippen molar-refractivity contribution in [2.75, 3.05) is 43.9 Å². The van der Waals surface area contributed by atoms with Gasteiger partial charge in [-0.3, -0.25) is 4.79 Å². The molecule has 1 saturated heterocycles. The van der Waals surface area contributed by atoms with Crippen LogP contribution in [0.1, 0.15) is 28.0 Å². The molecule has 0 radical (unpaired) electrons. The number of hydrogen-bond donors (Lipinski definition) is 3. The molecule has 1 amide bonds. The summed E-state index contributed by atoms with van der Waals surface area (Å²) >= 11 is 0. The molecule has 0 unspecified atom stereocenters. The average molecular weight is 354 g/mol. The Balaban J connectivity index is 1.68. The lowest BCUT2D eigenvalue weighted by atomic mass is 10.1. The molecule has 0 atom stereocenters. The molecule has 1 aliphatic heterocycles. The number of nitrogens with one attached hydrogen (secondary N) is 3. The first-order valence-corrected chi connectivity index (χ1v) is 8.97. The van der Waals surface area contributed by atoms with Gasteiger partial charge in [0.15, 0.2) is 0 Å². The summed E-state index contributed by atoms with van der Waals surface area (Å²) in [5, 5.41) is 9.21. The molecule has 2 aromatic rings. The molecule has 7 heteroatoms. The lowest BCUT2D eigenvalue weighted by Gasteiger charge is -2.30. The maximum atomic E-state index is 12.5. The molecule has 1 fully saturated rings. The molecular weight excluding hydrogens is 328 g/mol. The Morgan fingerprint density at radius 1 is 1.19 bits per heavy atom. The highest BCUT2D eigenvalue weighted by atomic mass is 16.1. The highest BCUT2D eigenvalue weighted by Crippen LogP contribution is 2.19. The van der Waals surface area contributed by atoms with E-state index in [2.05, 4.69) is 30.8 Å². The van der Waals surface area contributed by atoms with Gasteiger partial charge in [0.1, 0.15) is 5.82 Å². The number of anilines is 3. The van der Waals surface area contributed by atoms with Gasteiger partial charge in [0.05, 0.1) is 0 Å². The van der Waals surface area contributed by atoms with Crippen LogP contribution in [0.15, 0.2) is 24.3 Å². The van der Waals surface area contributed by atoms with Crippen molar-refractivity contribution in [3.05, 3.63) is 41.1 Å². The molecule has 3 N–H and O–H groups in total. The highest BCUT2D eigenvalue weighted by Gasteiger charge is 2.14. The van der Waals surface area contributed by atoms with Crippen LogP contribution >= 0.6 is 0 Å². The van der Waals surface area contributed by atoms with Crippen LogP contribution in [0.25, 0.3) is 0 Å². The molecule has 0 saturated carbocycles. The number of carbonyl (C=O) groups is 1. The molecule has 0 aliphatic carbocycles. The third-order valence-corrected chi connectivity index (χ3v) is 4.51. The van der Waals surface area contributed by atoms with Gasteiger partial charge >= 0.3 is 0 Å². The van der Waals surface area contributed by atoms with E-state index in [-0.39, 0.29) is 5.91 Å². The van der Waals surface area contributed by atoms with Crippen LogP contribution in [-0.4, -0.2) is 54.0 Å². The lowest BCUT2D eigenvalue weighted by molar-refractivity contribution is 0.0940. The number of aromatic nitrogens is 2. The molecule has 1 aromatic heterocycles. The van der Waals surface area contributed by atoms with Gasteiger partial charge in [0, 0.05) is 43.1 Å². The van der Waals surface area contributed by atoms with Crippen molar-refractivity contribution in [3.63, 3.8) is 0 Å². The number of likely N-dealkylation sites (tertiary alicyclic amines) is 1. The van der Waals surface area contributed by atoms with Crippen molar-refractivity contribution in [2.45, 2.75) is 20.3 Å². The number of nitrogens with zero attached hydrogens (tertiary/aromatic N) is 3. The number of carbonyl (C=O) groups excluding carboxylic acids is 1. The Morgan fingerprint density at radius 2 is 2.00 bits per heavy atom. The van der Waals surface area contributed by atoms with Gasteiger partial charge in [-0.1, -0.05) is 6.07 Å². The summed E-state index contributed by atoms with van der Waals surface area (Å²) in [5.41, 5.74) is 3.26. The summed E-state index contributed by atoms with van der Waals surface area (Å²) in [6, 6.07) is 7.58. The third kappa shape index (κ3) is 4.49. The Kier molecular flexibility index (Phi) is 5.68. The van der Waals surface area contributed by atoms with E-state index in [1.807, 2.05) is 45.2 Å². The summed E-state index contributed by atoms with van der Waals surface area (Å²) in [7, 11) is 1.82. The van der Waals surface area contributed by atoms with Crippen LogP contribution in [0.4, 0.5) is 17.5 Å². The summed E-state index contributed by atoms with van der Waals surface area (Å²) in [6.07, 6.45) is 1.26. The topological polar surface area (TPSA) is 82.2 Å². The summed E-state index contributed by atoms with van der Waals surface area (Å²) in [6.45, 7) is 7.71. The number of aryl methyl sites for hydroxylation is 2. The summed E-state index contributed by atoms with van der Waals surface area (Å²) in [5.74, 6) is 1.20. The fraction of sp³-hybridized carbons (Fsp3) is 0.421. The lowest BCUT2D eigenvalue weighted by Crippen LogP contribution is -2.42. The summed E-state index contributed by atoms with van der Waals surface area (Å²) in [4.78, 5) is 23.6. The first kappa shape index (κ1) is 18.1. The van der Waals surface area contributed by atoms with Crippen LogP contribution in [0, 0.1) is 13.8 Å². The predicted octanol–water partition coefficient (Wildman–Crippen LogP) is 2.31. The fourth-order valence-electron chi connectivity index (χ4n) is 2.85. The fourth-order valence-corrected chi connectivity index (χ4v) is 2.85. The van der Waals surface area contributed by atoms with Crippen LogP contribution in [0.2, 0.25) is 0 Å². The third-order valence-electron chi connectivity index (χ3n) is 4.51. The Hall–Kier alpha value is -2.67. The van der Waals surface area contributed by atoms with Crippen LogP contribution in [0.5, 0.6) is 0 Å². The standard InChI is InChI=1S/C19H26N6O/c1-13-5-6-15(23-19-22-14(2)11-17(20-3)24-19)12-16(13)18(26)21-7-10-25-8-4-9-25/h5-6,11-12H,4,7-10H2,1-3H3,(H,21,26)(H2,20,22,23,24). The minimum absolute atomic E-state index is 0.0484. The second-order valence-electron chi connectivity index (χ2n) is 6.57. The summed E-state index contributed by atoms with van der Waals surface area (Å²) < 4.78 is 0. The average Bonchev–Trinajstić information content (AvgIpc) is 2.58. The molecular formula is C19H26N6O. The van der Waals surface area contributed by atoms with Gasteiger partial charge in [-0.2, -0.15) is 4.98 Å². The normalized spacial score (nSPS) is 13.8. The van der Waals surface area contributed by atoms with Crippen molar-refractivity contribution in [1.82, 2.24) is 20.2 Å². The van der Waals surface area contributed by atoms with Gasteiger partial charge in [-0.05, 0) is 51.1 Å². The van der Waals surface area contributed by atoms with Gasteiger partial charge in [0.25, 0.3) is 5.91 Å². The predicted molar refractivity (Wildman–Crippen MR) is 104 cm³/mol. The maximum absolute atomic E-state index is 12.5. The molecule has 7 nitrogen and oxygen atoms in total. The molecule has 138 valence electrons. The van der Waals surface area contributed by atoms with E-state index in [1.165, 1.54) is 6.42 Å². The zero-order chi connectivity index (χ0) is 18.5. The van der Waals surface area contributed by atoms with Crippen LogP contribution in [0.3, 0.4) is 0 Å². The Bertz CT molecular complexity index is 788. The van der Waals surface area contributed by atoms with E-state index < -0.39 is 0 Å². The van der Waals surface area contributed by atoms with Crippen molar-refractivity contribution < 1.29 is 4.79 Å². The second kappa shape index (κ2) is 8.14. The van der Waals surface area contributed by atoms with Crippen molar-refractivity contribution in [3.8, 4) is 0 Å². The molecule has 0 spiro atoms. The van der Waals surface area contributed by atoms with E-state index in [0.29, 0.717) is 18.1 Å². The number of rotatable bonds is 7. The van der Waals surface area contributed by atoms with Gasteiger partial charge in [-0.15, -0.1) is 0 Å². The largest absolute Gasteiger partial charge is 0.373 e. The quantitative estimate of drug-likeness (QED) is 0.708. The SMILES string of the molecule is CNc1cc(C)nc(Nc2ccc(C)c(C(=O)NCCN3CCC3)c2)n1. The first-order valence-electron chi connectivity index (χ1n) is 8.97. The number of amides is 1. The van der Waals surface area contributed by atoms with Crippen molar-refractivity contribution in [2.24, 2.45) is 0 Å². The zero-order valence-electron chi connectivity index (χ0n) is 15.6. The molecule has 26 heavy (non-hydrogen) atoms. The Morgan fingerprint density at radius 3 is 2.69 bits per heavy atom. The van der Waals surface area contributed by atoms with Gasteiger partial charge in [0.2, 0.25) is 5.95 Å². The van der Waals surface area contributed by atoms with Crippen molar-refractivity contribution >= 4 is 23.4 Å². The number of hydrogen-bond acceptors (Lipinski definition) is 6. The van der Waals surface area contributed by atoms with E-state index in [0.717, 1.165) is 42.4 Å². The highest BCUT2D eigenvalue weighted by molar-refractivity contribution is 5.96. The van der Waals surface area contributed by atoms with Crippen LogP contribution in [-0.2, 0) is 0 Å². The minimum Gasteiger partial charge on any atom is -0.373 e. The molecule has 1 aromatic carbocycles. The van der Waals surface area contributed by atoms with E-state index in [4.69, 9.17) is 0 Å². The monoisotopic (exact) mass is 354 g/mol. The van der Waals surface area contributed by atoms with Crippen molar-refractivity contribution in [1.29, 1.82) is 0 Å². The molecule has 3 rings (SSSR count). The van der Waals surface area contributed by atoms with Gasteiger partial charge in [-0.25, -0.2) is 4.98 Å². The second-order valence-corrected chi connectivity index (χ2v) is 6.57. The zero-order valence-corrected chi connectivity index (χ0v) is 15.6. The van der Waals surface area contributed by atoms with E-state index in [1.54, 1.807) is 0 Å². The minimum atomic E-state index is -0.0484. The molecule has 2 heterocycles. The number of benzene rings is 1. The van der Waals surface area contributed by atoms with Gasteiger partial charge < -0.3 is 20.9 Å². The Labute approximate surface area is 154 Å². The first-order chi connectivity index (χ1) is 12.5. The molecule has 1 aliphatic rings. The molecule has 0 bridgehead atoms. The van der Waals surface area contributed by atoms with E-state index in [9.17, 15) is 4.79 Å². The van der Waals surface area contributed by atoms with Crippen LogP contribution < -0.4 is 16.0 Å². The smallest absolute Gasteiger partial charge is 0.251 e. The van der Waals surface area contributed by atoms with E-state index >= 15 is 0 Å². The maximum Gasteiger partial charge on any atom is 0.251 e.